The topological polar surface area (TPSA) is 96.3 Å². The van der Waals surface area contributed by atoms with Gasteiger partial charge < -0.3 is 20.8 Å². The Labute approximate surface area is 130 Å². The second kappa shape index (κ2) is 5.57. The average molecular weight is 311 g/mol. The van der Waals surface area contributed by atoms with Gasteiger partial charge in [-0.1, -0.05) is 17.7 Å². The molecule has 0 unspecified atom stereocenters. The van der Waals surface area contributed by atoms with Crippen molar-refractivity contribution in [1.82, 2.24) is 9.97 Å². The Bertz CT molecular complexity index is 561. The second-order valence-electron chi connectivity index (χ2n) is 5.99. The number of nitrogens with two attached hydrogens (primary N) is 2. The zero-order valence-corrected chi connectivity index (χ0v) is 13.4. The fraction of sp³-hybridized carbons (Fsp3) is 0.538. The van der Waals surface area contributed by atoms with E-state index in [1.165, 1.54) is 0 Å². The third-order valence-corrected chi connectivity index (χ3v) is 4.22. The van der Waals surface area contributed by atoms with Gasteiger partial charge in [-0.05, 0) is 33.2 Å². The quantitative estimate of drug-likeness (QED) is 0.651. The molecule has 114 valence electrons. The molecule has 6 nitrogen and oxygen atoms in total. The highest BCUT2D eigenvalue weighted by Crippen LogP contribution is 2.38. The van der Waals surface area contributed by atoms with Crippen LogP contribution in [0.5, 0.6) is 0 Å². The van der Waals surface area contributed by atoms with Gasteiger partial charge in [0.1, 0.15) is 5.15 Å². The second-order valence-corrected chi connectivity index (χ2v) is 6.34. The summed E-state index contributed by atoms with van der Waals surface area (Å²) in [7, 11) is -0.520. The van der Waals surface area contributed by atoms with Gasteiger partial charge in [-0.25, -0.2) is 9.97 Å². The highest BCUT2D eigenvalue weighted by Gasteiger charge is 2.52. The molecule has 0 spiro atoms. The van der Waals surface area contributed by atoms with Gasteiger partial charge >= 0.3 is 7.12 Å². The first-order valence-corrected chi connectivity index (χ1v) is 7.08. The first-order valence-electron chi connectivity index (χ1n) is 6.70. The fourth-order valence-electron chi connectivity index (χ4n) is 1.90. The Hall–Kier alpha value is -1.15. The first kappa shape index (κ1) is 16.2. The van der Waals surface area contributed by atoms with Crippen molar-refractivity contribution >= 4 is 30.7 Å². The van der Waals surface area contributed by atoms with Gasteiger partial charge in [0.05, 0.1) is 11.2 Å². The van der Waals surface area contributed by atoms with Gasteiger partial charge in [0.2, 0.25) is 5.95 Å². The minimum atomic E-state index is -0.520. The van der Waals surface area contributed by atoms with Crippen LogP contribution in [0.15, 0.2) is 11.7 Å². The van der Waals surface area contributed by atoms with E-state index in [-0.39, 0.29) is 17.6 Å². The van der Waals surface area contributed by atoms with E-state index in [4.69, 9.17) is 32.4 Å². The molecule has 0 bridgehead atoms. The molecule has 2 rings (SSSR count). The highest BCUT2D eigenvalue weighted by atomic mass is 35.5. The Balaban J connectivity index is 2.31. The minimum Gasteiger partial charge on any atom is -0.400 e. The molecule has 1 aromatic heterocycles. The molecule has 1 saturated heterocycles. The molecule has 0 saturated carbocycles. The summed E-state index contributed by atoms with van der Waals surface area (Å²) in [5.74, 6) is 0.127. The molecule has 4 N–H and O–H groups in total. The van der Waals surface area contributed by atoms with Crippen LogP contribution in [0.1, 0.15) is 33.3 Å². The van der Waals surface area contributed by atoms with Crippen LogP contribution in [0.25, 0.3) is 6.08 Å². The third-order valence-electron chi connectivity index (χ3n) is 3.92. The maximum atomic E-state index is 6.05. The standard InChI is InChI=1S/C13H20BClN4O2/c1-12(2)13(3,4)21-14(20-12)9(6-16)5-8-7-18-11(17)19-10(8)15/h5,7H,6,16H2,1-4H3,(H2,17,18,19). The molecular weight excluding hydrogens is 290 g/mol. The summed E-state index contributed by atoms with van der Waals surface area (Å²) < 4.78 is 11.9. The smallest absolute Gasteiger partial charge is 0.400 e. The van der Waals surface area contributed by atoms with Crippen LogP contribution in [0.3, 0.4) is 0 Å². The predicted molar refractivity (Wildman–Crippen MR) is 84.6 cm³/mol. The summed E-state index contributed by atoms with van der Waals surface area (Å²) in [6.45, 7) is 8.22. The SMILES string of the molecule is CC1(C)OB(C(=Cc2cnc(N)nc2Cl)CN)OC1(C)C. The van der Waals surface area contributed by atoms with Gasteiger partial charge in [0, 0.05) is 18.3 Å². The van der Waals surface area contributed by atoms with E-state index >= 15 is 0 Å². The van der Waals surface area contributed by atoms with Crippen molar-refractivity contribution in [3.8, 4) is 0 Å². The Morgan fingerprint density at radius 3 is 2.38 bits per heavy atom. The van der Waals surface area contributed by atoms with Gasteiger partial charge in [0.25, 0.3) is 0 Å². The monoisotopic (exact) mass is 310 g/mol. The molecule has 0 amide bonds. The van der Waals surface area contributed by atoms with E-state index in [1.807, 2.05) is 27.7 Å². The van der Waals surface area contributed by atoms with Crippen LogP contribution in [-0.2, 0) is 9.31 Å². The summed E-state index contributed by atoms with van der Waals surface area (Å²) in [5, 5.41) is 0.268. The van der Waals surface area contributed by atoms with Crippen molar-refractivity contribution in [3.63, 3.8) is 0 Å². The van der Waals surface area contributed by atoms with E-state index in [9.17, 15) is 0 Å². The molecule has 2 heterocycles. The van der Waals surface area contributed by atoms with E-state index in [1.54, 1.807) is 12.3 Å². The largest absolute Gasteiger partial charge is 0.491 e. The Kier molecular flexibility index (Phi) is 4.30. The third kappa shape index (κ3) is 3.21. The Morgan fingerprint density at radius 2 is 1.90 bits per heavy atom. The number of rotatable bonds is 3. The molecule has 0 aliphatic carbocycles. The van der Waals surface area contributed by atoms with Crippen LogP contribution < -0.4 is 11.5 Å². The number of anilines is 1. The first-order chi connectivity index (χ1) is 9.66. The van der Waals surface area contributed by atoms with Crippen molar-refractivity contribution in [2.24, 2.45) is 5.73 Å². The molecular formula is C13H20BClN4O2. The number of nitrogen functional groups attached to an aromatic ring is 1. The van der Waals surface area contributed by atoms with Crippen LogP contribution in [0, 0.1) is 0 Å². The molecule has 1 aliphatic heterocycles. The minimum absolute atomic E-state index is 0.127. The van der Waals surface area contributed by atoms with Crippen LogP contribution in [0.4, 0.5) is 5.95 Å². The lowest BCUT2D eigenvalue weighted by Gasteiger charge is -2.32. The van der Waals surface area contributed by atoms with E-state index in [2.05, 4.69) is 9.97 Å². The molecule has 0 atom stereocenters. The summed E-state index contributed by atoms with van der Waals surface area (Å²) in [6.07, 6.45) is 3.33. The summed E-state index contributed by atoms with van der Waals surface area (Å²) in [6, 6.07) is 0. The molecule has 21 heavy (non-hydrogen) atoms. The van der Waals surface area contributed by atoms with Gasteiger partial charge in [-0.3, -0.25) is 0 Å². The van der Waals surface area contributed by atoms with E-state index in [0.717, 1.165) is 5.47 Å². The van der Waals surface area contributed by atoms with Gasteiger partial charge in [-0.15, -0.1) is 0 Å². The molecule has 0 radical (unpaired) electrons. The average Bonchev–Trinajstić information content (AvgIpc) is 2.57. The van der Waals surface area contributed by atoms with Crippen molar-refractivity contribution in [3.05, 3.63) is 22.4 Å². The summed E-state index contributed by atoms with van der Waals surface area (Å²) in [4.78, 5) is 7.84. The van der Waals surface area contributed by atoms with Crippen molar-refractivity contribution < 1.29 is 9.31 Å². The molecule has 1 aliphatic rings. The number of hydrogen-bond donors (Lipinski definition) is 2. The van der Waals surface area contributed by atoms with Gasteiger partial charge in [0.15, 0.2) is 0 Å². The van der Waals surface area contributed by atoms with Crippen LogP contribution in [0.2, 0.25) is 5.15 Å². The van der Waals surface area contributed by atoms with Crippen LogP contribution in [-0.4, -0.2) is 34.8 Å². The maximum absolute atomic E-state index is 6.05. The van der Waals surface area contributed by atoms with Crippen molar-refractivity contribution in [2.75, 3.05) is 12.3 Å². The number of aromatic nitrogens is 2. The van der Waals surface area contributed by atoms with Crippen LogP contribution >= 0.6 is 11.6 Å². The fourth-order valence-corrected chi connectivity index (χ4v) is 2.09. The normalized spacial score (nSPS) is 20.9. The molecule has 1 aromatic rings. The number of nitrogens with zero attached hydrogens (tertiary/aromatic N) is 2. The Morgan fingerprint density at radius 1 is 1.33 bits per heavy atom. The van der Waals surface area contributed by atoms with E-state index in [0.29, 0.717) is 5.56 Å². The van der Waals surface area contributed by atoms with Gasteiger partial charge in [-0.2, -0.15) is 0 Å². The molecule has 8 heteroatoms. The predicted octanol–water partition coefficient (Wildman–Crippen LogP) is 1.69. The van der Waals surface area contributed by atoms with E-state index < -0.39 is 18.3 Å². The zero-order valence-electron chi connectivity index (χ0n) is 12.7. The highest BCUT2D eigenvalue weighted by molar-refractivity contribution is 6.56. The number of halogens is 1. The van der Waals surface area contributed by atoms with Crippen molar-refractivity contribution in [2.45, 2.75) is 38.9 Å². The zero-order chi connectivity index (χ0) is 15.8. The number of hydrogen-bond acceptors (Lipinski definition) is 6. The summed E-state index contributed by atoms with van der Waals surface area (Å²) in [5.41, 5.74) is 11.9. The lowest BCUT2D eigenvalue weighted by atomic mass is 9.77. The summed E-state index contributed by atoms with van der Waals surface area (Å²) >= 11 is 6.05. The maximum Gasteiger partial charge on any atom is 0.491 e. The molecule has 1 fully saturated rings. The lowest BCUT2D eigenvalue weighted by molar-refractivity contribution is 0.00578. The lowest BCUT2D eigenvalue weighted by Crippen LogP contribution is -2.41. The molecule has 0 aromatic carbocycles. The van der Waals surface area contributed by atoms with Crippen molar-refractivity contribution in [1.29, 1.82) is 0 Å².